The molecule has 6 heteroatoms. The average Bonchev–Trinajstić information content (AvgIpc) is 2.43. The lowest BCUT2D eigenvalue weighted by molar-refractivity contribution is -0.384. The molecule has 1 aliphatic heterocycles. The number of nitro groups is 1. The number of benzene rings is 1. The lowest BCUT2D eigenvalue weighted by atomic mass is 9.93. The summed E-state index contributed by atoms with van der Waals surface area (Å²) in [5, 5.41) is 14.5. The van der Waals surface area contributed by atoms with Gasteiger partial charge in [0.25, 0.3) is 5.69 Å². The Balaban J connectivity index is 1.84. The molecule has 0 amide bonds. The highest BCUT2D eigenvalue weighted by Gasteiger charge is 2.23. The second-order valence-electron chi connectivity index (χ2n) is 6.02. The first-order valence-corrected chi connectivity index (χ1v) is 7.62. The molecule has 21 heavy (non-hydrogen) atoms. The summed E-state index contributed by atoms with van der Waals surface area (Å²) in [6, 6.07) is 5.66. The van der Waals surface area contributed by atoms with E-state index in [2.05, 4.69) is 22.2 Å². The van der Waals surface area contributed by atoms with E-state index in [9.17, 15) is 10.1 Å². The van der Waals surface area contributed by atoms with E-state index in [0.29, 0.717) is 6.04 Å². The van der Waals surface area contributed by atoms with Crippen molar-refractivity contribution in [1.29, 1.82) is 0 Å². The Morgan fingerprint density at radius 3 is 2.52 bits per heavy atom. The van der Waals surface area contributed by atoms with Crippen molar-refractivity contribution in [2.75, 3.05) is 43.4 Å². The van der Waals surface area contributed by atoms with Crippen molar-refractivity contribution in [3.05, 3.63) is 28.3 Å². The molecule has 0 bridgehead atoms. The Morgan fingerprint density at radius 1 is 1.24 bits per heavy atom. The van der Waals surface area contributed by atoms with Crippen LogP contribution < -0.4 is 10.2 Å². The molecule has 3 rings (SSSR count). The number of nitrogens with one attached hydrogen (secondary N) is 1. The fourth-order valence-electron chi connectivity index (χ4n) is 2.85. The lowest BCUT2D eigenvalue weighted by Gasteiger charge is -2.36. The fraction of sp³-hybridized carbons (Fsp3) is 0.600. The molecule has 0 unspecified atom stereocenters. The van der Waals surface area contributed by atoms with E-state index in [1.54, 1.807) is 12.1 Å². The molecular weight excluding hydrogens is 268 g/mol. The van der Waals surface area contributed by atoms with E-state index in [1.165, 1.54) is 6.42 Å². The van der Waals surface area contributed by atoms with Gasteiger partial charge in [-0.1, -0.05) is 0 Å². The van der Waals surface area contributed by atoms with Gasteiger partial charge in [-0.2, -0.15) is 0 Å². The summed E-state index contributed by atoms with van der Waals surface area (Å²) in [4.78, 5) is 15.3. The molecule has 1 N–H and O–H groups in total. The molecule has 6 nitrogen and oxygen atoms in total. The zero-order valence-corrected chi connectivity index (χ0v) is 12.4. The van der Waals surface area contributed by atoms with Gasteiger partial charge in [0.15, 0.2) is 0 Å². The van der Waals surface area contributed by atoms with Gasteiger partial charge in [-0.15, -0.1) is 0 Å². The standard InChI is InChI=1S/C15H22N4O2/c1-17-7-9-18(10-8-17)15-6-5-13(19(20)21)11-14(15)16-12-3-2-4-12/h5-6,11-12,16H,2-4,7-10H2,1H3. The van der Waals surface area contributed by atoms with Crippen LogP contribution in [0.3, 0.4) is 0 Å². The predicted molar refractivity (Wildman–Crippen MR) is 84.1 cm³/mol. The molecule has 2 fully saturated rings. The van der Waals surface area contributed by atoms with Gasteiger partial charge in [0.2, 0.25) is 0 Å². The van der Waals surface area contributed by atoms with Crippen LogP contribution in [0, 0.1) is 10.1 Å². The maximum absolute atomic E-state index is 11.0. The van der Waals surface area contributed by atoms with E-state index < -0.39 is 0 Å². The molecule has 0 atom stereocenters. The minimum atomic E-state index is -0.320. The number of anilines is 2. The molecule has 1 aliphatic carbocycles. The second-order valence-corrected chi connectivity index (χ2v) is 6.02. The third kappa shape index (κ3) is 3.10. The first-order chi connectivity index (χ1) is 10.1. The largest absolute Gasteiger partial charge is 0.380 e. The molecular formula is C15H22N4O2. The van der Waals surface area contributed by atoms with Crippen LogP contribution in [0.15, 0.2) is 18.2 Å². The van der Waals surface area contributed by atoms with E-state index in [4.69, 9.17) is 0 Å². The Hall–Kier alpha value is -1.82. The van der Waals surface area contributed by atoms with Crippen LogP contribution in [0.25, 0.3) is 0 Å². The van der Waals surface area contributed by atoms with E-state index in [0.717, 1.165) is 50.4 Å². The highest BCUT2D eigenvalue weighted by molar-refractivity contribution is 5.73. The summed E-state index contributed by atoms with van der Waals surface area (Å²) in [5.41, 5.74) is 2.17. The molecule has 1 saturated carbocycles. The van der Waals surface area contributed by atoms with Gasteiger partial charge in [-0.25, -0.2) is 0 Å². The number of hydrogen-bond donors (Lipinski definition) is 1. The molecule has 1 heterocycles. The number of nitrogens with zero attached hydrogens (tertiary/aromatic N) is 3. The number of non-ortho nitro benzene ring substituents is 1. The fourth-order valence-corrected chi connectivity index (χ4v) is 2.85. The molecule has 1 aromatic carbocycles. The first kappa shape index (κ1) is 14.1. The Bertz CT molecular complexity index is 522. The Kier molecular flexibility index (Phi) is 3.96. The molecule has 0 spiro atoms. The van der Waals surface area contributed by atoms with Gasteiger partial charge in [0.05, 0.1) is 16.3 Å². The van der Waals surface area contributed by atoms with Crippen molar-refractivity contribution < 1.29 is 4.92 Å². The maximum atomic E-state index is 11.0. The molecule has 114 valence electrons. The summed E-state index contributed by atoms with van der Waals surface area (Å²) in [7, 11) is 2.13. The normalized spacial score (nSPS) is 20.1. The van der Waals surface area contributed by atoms with Crippen molar-refractivity contribution in [3.8, 4) is 0 Å². The van der Waals surface area contributed by atoms with Crippen molar-refractivity contribution in [2.45, 2.75) is 25.3 Å². The predicted octanol–water partition coefficient (Wildman–Crippen LogP) is 2.31. The van der Waals surface area contributed by atoms with Gasteiger partial charge in [-0.3, -0.25) is 10.1 Å². The summed E-state index contributed by atoms with van der Waals surface area (Å²) in [6.45, 7) is 3.99. The van der Waals surface area contributed by atoms with Crippen molar-refractivity contribution >= 4 is 17.1 Å². The van der Waals surface area contributed by atoms with Crippen LogP contribution in [-0.2, 0) is 0 Å². The highest BCUT2D eigenvalue weighted by Crippen LogP contribution is 2.34. The number of piperazine rings is 1. The van der Waals surface area contributed by atoms with Crippen LogP contribution in [0.1, 0.15) is 19.3 Å². The van der Waals surface area contributed by atoms with Crippen molar-refractivity contribution in [3.63, 3.8) is 0 Å². The molecule has 1 aromatic rings. The minimum Gasteiger partial charge on any atom is -0.380 e. The van der Waals surface area contributed by atoms with Gasteiger partial charge in [0, 0.05) is 44.4 Å². The van der Waals surface area contributed by atoms with E-state index in [-0.39, 0.29) is 10.6 Å². The zero-order valence-electron chi connectivity index (χ0n) is 12.4. The first-order valence-electron chi connectivity index (χ1n) is 7.62. The number of hydrogen-bond acceptors (Lipinski definition) is 5. The van der Waals surface area contributed by atoms with Gasteiger partial charge < -0.3 is 15.1 Å². The molecule has 2 aliphatic rings. The maximum Gasteiger partial charge on any atom is 0.271 e. The van der Waals surface area contributed by atoms with Crippen LogP contribution in [0.2, 0.25) is 0 Å². The Labute approximate surface area is 124 Å². The number of nitro benzene ring substituents is 1. The minimum absolute atomic E-state index is 0.162. The van der Waals surface area contributed by atoms with Gasteiger partial charge in [-0.05, 0) is 32.4 Å². The van der Waals surface area contributed by atoms with Crippen LogP contribution in [-0.4, -0.2) is 49.1 Å². The van der Waals surface area contributed by atoms with Crippen molar-refractivity contribution in [2.24, 2.45) is 0 Å². The smallest absolute Gasteiger partial charge is 0.271 e. The third-order valence-electron chi connectivity index (χ3n) is 4.50. The zero-order chi connectivity index (χ0) is 14.8. The van der Waals surface area contributed by atoms with Gasteiger partial charge >= 0.3 is 0 Å². The molecule has 0 radical (unpaired) electrons. The topological polar surface area (TPSA) is 61.7 Å². The highest BCUT2D eigenvalue weighted by atomic mass is 16.6. The number of rotatable bonds is 4. The lowest BCUT2D eigenvalue weighted by Crippen LogP contribution is -2.44. The Morgan fingerprint density at radius 2 is 1.95 bits per heavy atom. The van der Waals surface area contributed by atoms with E-state index in [1.807, 2.05) is 6.07 Å². The monoisotopic (exact) mass is 290 g/mol. The molecule has 0 aromatic heterocycles. The molecule has 1 saturated heterocycles. The quantitative estimate of drug-likeness (QED) is 0.681. The summed E-state index contributed by atoms with van der Waals surface area (Å²) >= 11 is 0. The van der Waals surface area contributed by atoms with Crippen molar-refractivity contribution in [1.82, 2.24) is 4.90 Å². The van der Waals surface area contributed by atoms with E-state index >= 15 is 0 Å². The second kappa shape index (κ2) is 5.89. The number of likely N-dealkylation sites (N-methyl/N-ethyl adjacent to an activating group) is 1. The summed E-state index contributed by atoms with van der Waals surface area (Å²) in [6.07, 6.45) is 3.56. The van der Waals surface area contributed by atoms with Crippen LogP contribution in [0.4, 0.5) is 17.1 Å². The van der Waals surface area contributed by atoms with Gasteiger partial charge in [0.1, 0.15) is 0 Å². The summed E-state index contributed by atoms with van der Waals surface area (Å²) in [5.74, 6) is 0. The third-order valence-corrected chi connectivity index (χ3v) is 4.50. The van der Waals surface area contributed by atoms with Crippen LogP contribution >= 0.6 is 0 Å². The summed E-state index contributed by atoms with van der Waals surface area (Å²) < 4.78 is 0. The average molecular weight is 290 g/mol. The van der Waals surface area contributed by atoms with Crippen LogP contribution in [0.5, 0.6) is 0 Å². The SMILES string of the molecule is CN1CCN(c2ccc([N+](=O)[O-])cc2NC2CCC2)CC1.